The van der Waals surface area contributed by atoms with Gasteiger partial charge in [-0.1, -0.05) is 48.5 Å². The third-order valence-corrected chi connectivity index (χ3v) is 6.27. The fourth-order valence-corrected chi connectivity index (χ4v) is 4.59. The van der Waals surface area contributed by atoms with Crippen LogP contribution in [0, 0.1) is 5.92 Å². The maximum atomic E-state index is 12.5. The van der Waals surface area contributed by atoms with Crippen LogP contribution in [0.3, 0.4) is 0 Å². The number of carboxylic acid groups (broad SMARTS) is 1. The molecule has 1 aliphatic heterocycles. The summed E-state index contributed by atoms with van der Waals surface area (Å²) in [5.74, 6) is -2.07. The number of hydrogen-bond donors (Lipinski definition) is 3. The lowest BCUT2D eigenvalue weighted by atomic mass is 9.98. The number of hydrogen-bond acceptors (Lipinski definition) is 6. The maximum absolute atomic E-state index is 12.5. The third kappa shape index (κ3) is 5.05. The number of ether oxygens (including phenoxy) is 3. The summed E-state index contributed by atoms with van der Waals surface area (Å²) in [7, 11) is 1.36. The molecule has 4 rings (SSSR count). The van der Waals surface area contributed by atoms with Gasteiger partial charge in [-0.05, 0) is 28.7 Å². The zero-order valence-electron chi connectivity index (χ0n) is 18.9. The monoisotopic (exact) mass is 468 g/mol. The second-order valence-electron chi connectivity index (χ2n) is 8.40. The van der Waals surface area contributed by atoms with Crippen molar-refractivity contribution in [3.8, 4) is 11.1 Å². The summed E-state index contributed by atoms with van der Waals surface area (Å²) in [5, 5.41) is 14.3. The van der Waals surface area contributed by atoms with E-state index in [0.29, 0.717) is 13.0 Å². The molecule has 2 aromatic carbocycles. The average molecular weight is 469 g/mol. The van der Waals surface area contributed by atoms with Gasteiger partial charge in [0.1, 0.15) is 12.7 Å². The zero-order valence-corrected chi connectivity index (χ0v) is 18.9. The van der Waals surface area contributed by atoms with Crippen molar-refractivity contribution >= 4 is 18.0 Å². The van der Waals surface area contributed by atoms with Gasteiger partial charge in [0.05, 0.1) is 6.61 Å². The number of methoxy groups -OCH3 is 1. The van der Waals surface area contributed by atoms with Crippen molar-refractivity contribution in [2.75, 3.05) is 33.5 Å². The van der Waals surface area contributed by atoms with Crippen LogP contribution in [0.1, 0.15) is 23.5 Å². The van der Waals surface area contributed by atoms with Crippen LogP contribution in [-0.2, 0) is 23.8 Å². The topological polar surface area (TPSA) is 123 Å². The standard InChI is InChI=1S/C25H28N2O7/c1-32-14-21(24(29)30)27-23(28)22-15(10-11-33-22)12-26-25(31)34-13-20-18-8-4-2-6-16(18)17-7-3-5-9-19(17)20/h2-9,15,20-22H,10-14H2,1H3,(H,26,31)(H,27,28)(H,29,30). The summed E-state index contributed by atoms with van der Waals surface area (Å²) in [4.78, 5) is 36.2. The molecule has 1 fully saturated rings. The fourth-order valence-electron chi connectivity index (χ4n) is 4.59. The molecule has 9 heteroatoms. The smallest absolute Gasteiger partial charge is 0.407 e. The van der Waals surface area contributed by atoms with Gasteiger partial charge in [-0.15, -0.1) is 0 Å². The van der Waals surface area contributed by atoms with Crippen LogP contribution in [0.25, 0.3) is 11.1 Å². The molecule has 9 nitrogen and oxygen atoms in total. The largest absolute Gasteiger partial charge is 0.480 e. The van der Waals surface area contributed by atoms with E-state index in [0.717, 1.165) is 22.3 Å². The van der Waals surface area contributed by atoms with Crippen molar-refractivity contribution in [2.45, 2.75) is 24.5 Å². The molecule has 180 valence electrons. The number of carbonyl (C=O) groups excluding carboxylic acids is 2. The number of fused-ring (bicyclic) bond motifs is 3. The lowest BCUT2D eigenvalue weighted by Gasteiger charge is -2.21. The Balaban J connectivity index is 1.30. The quantitative estimate of drug-likeness (QED) is 0.515. The van der Waals surface area contributed by atoms with Crippen molar-refractivity contribution in [3.05, 3.63) is 59.7 Å². The van der Waals surface area contributed by atoms with Crippen molar-refractivity contribution in [1.29, 1.82) is 0 Å². The van der Waals surface area contributed by atoms with Gasteiger partial charge in [-0.25, -0.2) is 9.59 Å². The highest BCUT2D eigenvalue weighted by molar-refractivity contribution is 5.87. The fraction of sp³-hybridized carbons (Fsp3) is 0.400. The SMILES string of the molecule is COCC(NC(=O)C1OCCC1CNC(=O)OCC1c2ccccc2-c2ccccc21)C(=O)O. The van der Waals surface area contributed by atoms with Gasteiger partial charge in [0.2, 0.25) is 5.91 Å². The van der Waals surface area contributed by atoms with Gasteiger partial charge in [-0.3, -0.25) is 4.79 Å². The normalized spacial score (nSPS) is 19.7. The molecule has 0 radical (unpaired) electrons. The molecular weight excluding hydrogens is 440 g/mol. The summed E-state index contributed by atoms with van der Waals surface area (Å²) < 4.78 is 15.9. The molecule has 2 aliphatic rings. The Morgan fingerprint density at radius 2 is 1.74 bits per heavy atom. The van der Waals surface area contributed by atoms with Gasteiger partial charge in [0.25, 0.3) is 0 Å². The molecule has 0 saturated carbocycles. The predicted octanol–water partition coefficient (Wildman–Crippen LogP) is 2.15. The first-order valence-electron chi connectivity index (χ1n) is 11.2. The van der Waals surface area contributed by atoms with Gasteiger partial charge in [0.15, 0.2) is 6.04 Å². The summed E-state index contributed by atoms with van der Waals surface area (Å²) in [6.45, 7) is 0.562. The van der Waals surface area contributed by atoms with E-state index in [-0.39, 0.29) is 31.6 Å². The Kier molecular flexibility index (Phi) is 7.44. The third-order valence-electron chi connectivity index (χ3n) is 6.27. The molecule has 3 unspecified atom stereocenters. The minimum Gasteiger partial charge on any atom is -0.480 e. The number of carboxylic acids is 1. The van der Waals surface area contributed by atoms with Gasteiger partial charge >= 0.3 is 12.1 Å². The zero-order chi connectivity index (χ0) is 24.1. The Labute approximate surface area is 197 Å². The highest BCUT2D eigenvalue weighted by Gasteiger charge is 2.36. The minimum atomic E-state index is -1.19. The Morgan fingerprint density at radius 1 is 1.09 bits per heavy atom. The average Bonchev–Trinajstić information content (AvgIpc) is 3.44. The van der Waals surface area contributed by atoms with Crippen LogP contribution < -0.4 is 10.6 Å². The van der Waals surface area contributed by atoms with E-state index in [1.54, 1.807) is 0 Å². The number of amides is 2. The summed E-state index contributed by atoms with van der Waals surface area (Å²) in [5.41, 5.74) is 4.55. The highest BCUT2D eigenvalue weighted by atomic mass is 16.5. The number of aliphatic carboxylic acids is 1. The van der Waals surface area contributed by atoms with Crippen molar-refractivity contribution in [3.63, 3.8) is 0 Å². The van der Waals surface area contributed by atoms with Gasteiger partial charge < -0.3 is 30.0 Å². The summed E-state index contributed by atoms with van der Waals surface area (Å²) in [6.07, 6.45) is -0.868. The number of carbonyl (C=O) groups is 3. The van der Waals surface area contributed by atoms with E-state index in [1.165, 1.54) is 7.11 Å². The second kappa shape index (κ2) is 10.7. The van der Waals surface area contributed by atoms with E-state index in [1.807, 2.05) is 36.4 Å². The summed E-state index contributed by atoms with van der Waals surface area (Å²) in [6, 6.07) is 15.0. The van der Waals surface area contributed by atoms with Crippen molar-refractivity contribution < 1.29 is 33.7 Å². The lowest BCUT2D eigenvalue weighted by molar-refractivity contribution is -0.145. The molecule has 3 atom stereocenters. The van der Waals surface area contributed by atoms with Crippen molar-refractivity contribution in [2.24, 2.45) is 5.92 Å². The molecule has 34 heavy (non-hydrogen) atoms. The molecule has 1 aliphatic carbocycles. The Bertz CT molecular complexity index is 1010. The molecule has 2 aromatic rings. The van der Waals surface area contributed by atoms with Crippen LogP contribution >= 0.6 is 0 Å². The lowest BCUT2D eigenvalue weighted by Crippen LogP contribution is -2.50. The second-order valence-corrected chi connectivity index (χ2v) is 8.40. The predicted molar refractivity (Wildman–Crippen MR) is 122 cm³/mol. The van der Waals surface area contributed by atoms with E-state index in [9.17, 15) is 19.5 Å². The molecular formula is C25H28N2O7. The van der Waals surface area contributed by atoms with Gasteiger partial charge in [-0.2, -0.15) is 0 Å². The molecule has 1 saturated heterocycles. The van der Waals surface area contributed by atoms with E-state index in [4.69, 9.17) is 14.2 Å². The molecule has 0 bridgehead atoms. The van der Waals surface area contributed by atoms with Crippen LogP contribution in [0.5, 0.6) is 0 Å². The molecule has 1 heterocycles. The number of rotatable bonds is 9. The summed E-state index contributed by atoms with van der Waals surface area (Å²) >= 11 is 0. The molecule has 0 aromatic heterocycles. The Hall–Kier alpha value is -3.43. The first-order valence-corrected chi connectivity index (χ1v) is 11.2. The van der Waals surface area contributed by atoms with Crippen LogP contribution in [0.15, 0.2) is 48.5 Å². The number of alkyl carbamates (subject to hydrolysis) is 1. The maximum Gasteiger partial charge on any atom is 0.407 e. The molecule has 2 amide bonds. The van der Waals surface area contributed by atoms with Crippen LogP contribution in [0.2, 0.25) is 0 Å². The van der Waals surface area contributed by atoms with E-state index >= 15 is 0 Å². The molecule has 0 spiro atoms. The van der Waals surface area contributed by atoms with Crippen molar-refractivity contribution in [1.82, 2.24) is 10.6 Å². The number of benzene rings is 2. The highest BCUT2D eigenvalue weighted by Crippen LogP contribution is 2.44. The van der Waals surface area contributed by atoms with Gasteiger partial charge in [0, 0.05) is 32.1 Å². The first kappa shape index (κ1) is 23.7. The van der Waals surface area contributed by atoms with E-state index < -0.39 is 30.1 Å². The van der Waals surface area contributed by atoms with Crippen LogP contribution in [0.4, 0.5) is 4.79 Å². The minimum absolute atomic E-state index is 0.0415. The number of nitrogens with one attached hydrogen (secondary N) is 2. The van der Waals surface area contributed by atoms with Crippen LogP contribution in [-0.4, -0.2) is 68.7 Å². The van der Waals surface area contributed by atoms with E-state index in [2.05, 4.69) is 22.8 Å². The molecule has 3 N–H and O–H groups in total. The Morgan fingerprint density at radius 3 is 2.35 bits per heavy atom. The first-order chi connectivity index (χ1) is 16.5.